The topological polar surface area (TPSA) is 49.3 Å². The lowest BCUT2D eigenvalue weighted by molar-refractivity contribution is -0.0237. The summed E-state index contributed by atoms with van der Waals surface area (Å²) in [6.45, 7) is 2.91. The van der Waals surface area contributed by atoms with Crippen molar-refractivity contribution in [2.24, 2.45) is 17.0 Å². The SMILES string of the molecule is c1cc(OCC2CC2)c(OCC2CC2)c(C2=NOC3(CCOC3)C2)c1. The van der Waals surface area contributed by atoms with E-state index in [1.54, 1.807) is 0 Å². The molecule has 2 aliphatic heterocycles. The van der Waals surface area contributed by atoms with Gasteiger partial charge in [-0.15, -0.1) is 0 Å². The number of oxime groups is 1. The van der Waals surface area contributed by atoms with E-state index in [0.29, 0.717) is 18.4 Å². The summed E-state index contributed by atoms with van der Waals surface area (Å²) in [5.74, 6) is 3.09. The molecule has 0 N–H and O–H groups in total. The van der Waals surface area contributed by atoms with Crippen molar-refractivity contribution >= 4 is 5.71 Å². The Morgan fingerprint density at radius 3 is 2.60 bits per heavy atom. The molecule has 5 rings (SSSR count). The van der Waals surface area contributed by atoms with Crippen LogP contribution in [0.25, 0.3) is 0 Å². The second-order valence-electron chi connectivity index (χ2n) is 7.93. The standard InChI is InChI=1S/C20H25NO4/c1-2-16(17-10-20(25-21-17)8-9-22-13-20)19(24-12-15-6-7-15)18(3-1)23-11-14-4-5-14/h1-3,14-15H,4-13H2. The van der Waals surface area contributed by atoms with Gasteiger partial charge in [-0.3, -0.25) is 0 Å². The number of rotatable bonds is 7. The number of hydrogen-bond donors (Lipinski definition) is 0. The highest BCUT2D eigenvalue weighted by molar-refractivity contribution is 6.04. The van der Waals surface area contributed by atoms with Crippen molar-refractivity contribution in [3.8, 4) is 11.5 Å². The zero-order chi connectivity index (χ0) is 16.7. The van der Waals surface area contributed by atoms with Gasteiger partial charge in [0.05, 0.1) is 32.1 Å². The van der Waals surface area contributed by atoms with Crippen LogP contribution >= 0.6 is 0 Å². The Morgan fingerprint density at radius 1 is 1.08 bits per heavy atom. The van der Waals surface area contributed by atoms with Crippen LogP contribution in [0, 0.1) is 11.8 Å². The minimum Gasteiger partial charge on any atom is -0.489 e. The second-order valence-corrected chi connectivity index (χ2v) is 7.93. The molecule has 2 aliphatic carbocycles. The molecule has 3 fully saturated rings. The fourth-order valence-corrected chi connectivity index (χ4v) is 3.45. The molecule has 1 atom stereocenters. The van der Waals surface area contributed by atoms with Gasteiger partial charge >= 0.3 is 0 Å². The molecule has 1 spiro atoms. The number of para-hydroxylation sites is 1. The van der Waals surface area contributed by atoms with Gasteiger partial charge in [0.25, 0.3) is 0 Å². The van der Waals surface area contributed by atoms with Gasteiger partial charge in [0, 0.05) is 18.4 Å². The molecule has 25 heavy (non-hydrogen) atoms. The van der Waals surface area contributed by atoms with Crippen LogP contribution in [0.5, 0.6) is 11.5 Å². The summed E-state index contributed by atoms with van der Waals surface area (Å²) in [6, 6.07) is 6.11. The molecule has 1 aromatic carbocycles. The van der Waals surface area contributed by atoms with Crippen LogP contribution in [0.4, 0.5) is 0 Å². The third kappa shape index (κ3) is 3.34. The van der Waals surface area contributed by atoms with Gasteiger partial charge in [0.15, 0.2) is 17.1 Å². The van der Waals surface area contributed by atoms with Crippen LogP contribution in [0.3, 0.4) is 0 Å². The molecule has 2 heterocycles. The van der Waals surface area contributed by atoms with Crippen molar-refractivity contribution in [1.29, 1.82) is 0 Å². The van der Waals surface area contributed by atoms with Crippen molar-refractivity contribution in [3.05, 3.63) is 23.8 Å². The second kappa shape index (κ2) is 6.20. The number of benzene rings is 1. The number of ether oxygens (including phenoxy) is 3. The lowest BCUT2D eigenvalue weighted by Gasteiger charge is -2.18. The van der Waals surface area contributed by atoms with Crippen LogP contribution in [-0.4, -0.2) is 37.7 Å². The first-order valence-electron chi connectivity index (χ1n) is 9.53. The van der Waals surface area contributed by atoms with Crippen molar-refractivity contribution in [1.82, 2.24) is 0 Å². The molecular weight excluding hydrogens is 318 g/mol. The molecule has 5 heteroatoms. The largest absolute Gasteiger partial charge is 0.489 e. The van der Waals surface area contributed by atoms with Gasteiger partial charge in [-0.05, 0) is 49.7 Å². The quantitative estimate of drug-likeness (QED) is 0.760. The maximum absolute atomic E-state index is 6.22. The summed E-state index contributed by atoms with van der Waals surface area (Å²) in [5, 5.41) is 4.39. The molecule has 1 aromatic rings. The highest BCUT2D eigenvalue weighted by atomic mass is 16.7. The average molecular weight is 343 g/mol. The van der Waals surface area contributed by atoms with E-state index in [-0.39, 0.29) is 5.60 Å². The highest BCUT2D eigenvalue weighted by Gasteiger charge is 2.44. The molecule has 0 amide bonds. The highest BCUT2D eigenvalue weighted by Crippen LogP contribution is 2.41. The molecule has 134 valence electrons. The Kier molecular flexibility index (Phi) is 3.85. The fraction of sp³-hybridized carbons (Fsp3) is 0.650. The monoisotopic (exact) mass is 343 g/mol. The summed E-state index contributed by atoms with van der Waals surface area (Å²) in [7, 11) is 0. The lowest BCUT2D eigenvalue weighted by Crippen LogP contribution is -2.29. The van der Waals surface area contributed by atoms with Crippen LogP contribution in [0.2, 0.25) is 0 Å². The molecule has 0 aromatic heterocycles. The molecule has 0 bridgehead atoms. The molecule has 5 nitrogen and oxygen atoms in total. The zero-order valence-corrected chi connectivity index (χ0v) is 14.5. The van der Waals surface area contributed by atoms with E-state index in [1.807, 2.05) is 12.1 Å². The lowest BCUT2D eigenvalue weighted by atomic mass is 9.93. The van der Waals surface area contributed by atoms with Gasteiger partial charge in [-0.2, -0.15) is 0 Å². The van der Waals surface area contributed by atoms with Gasteiger partial charge in [-0.1, -0.05) is 11.2 Å². The minimum absolute atomic E-state index is 0.270. The van der Waals surface area contributed by atoms with E-state index < -0.39 is 0 Å². The smallest absolute Gasteiger partial charge is 0.170 e. The molecule has 2 saturated carbocycles. The molecule has 1 saturated heterocycles. The van der Waals surface area contributed by atoms with Crippen LogP contribution in [0.1, 0.15) is 44.1 Å². The first-order chi connectivity index (χ1) is 12.3. The Bertz CT molecular complexity index is 672. The Hall–Kier alpha value is -1.75. The predicted octanol–water partition coefficient (Wildman–Crippen LogP) is 3.55. The van der Waals surface area contributed by atoms with E-state index in [1.165, 1.54) is 25.7 Å². The van der Waals surface area contributed by atoms with Crippen molar-refractivity contribution < 1.29 is 19.0 Å². The zero-order valence-electron chi connectivity index (χ0n) is 14.5. The van der Waals surface area contributed by atoms with Gasteiger partial charge in [0.2, 0.25) is 0 Å². The summed E-state index contributed by atoms with van der Waals surface area (Å²) in [6.07, 6.45) is 6.77. The van der Waals surface area contributed by atoms with Gasteiger partial charge < -0.3 is 19.0 Å². The van der Waals surface area contributed by atoms with E-state index >= 15 is 0 Å². The van der Waals surface area contributed by atoms with E-state index in [2.05, 4.69) is 11.2 Å². The van der Waals surface area contributed by atoms with Crippen LogP contribution < -0.4 is 9.47 Å². The summed E-state index contributed by atoms with van der Waals surface area (Å²) in [4.78, 5) is 5.78. The normalized spacial score (nSPS) is 28.1. The number of nitrogens with zero attached hydrogens (tertiary/aromatic N) is 1. The Labute approximate surface area is 148 Å². The maximum Gasteiger partial charge on any atom is 0.170 e. The van der Waals surface area contributed by atoms with Gasteiger partial charge in [0.1, 0.15) is 0 Å². The third-order valence-electron chi connectivity index (χ3n) is 5.53. The summed E-state index contributed by atoms with van der Waals surface area (Å²) in [5.41, 5.74) is 1.69. The molecule has 1 unspecified atom stereocenters. The van der Waals surface area contributed by atoms with Crippen LogP contribution in [0.15, 0.2) is 23.4 Å². The van der Waals surface area contributed by atoms with Crippen molar-refractivity contribution in [2.75, 3.05) is 26.4 Å². The van der Waals surface area contributed by atoms with Crippen LogP contribution in [-0.2, 0) is 9.57 Å². The fourth-order valence-electron chi connectivity index (χ4n) is 3.45. The van der Waals surface area contributed by atoms with E-state index in [9.17, 15) is 0 Å². The summed E-state index contributed by atoms with van der Waals surface area (Å²) >= 11 is 0. The first kappa shape index (κ1) is 15.5. The summed E-state index contributed by atoms with van der Waals surface area (Å²) < 4.78 is 17.8. The van der Waals surface area contributed by atoms with E-state index in [0.717, 1.165) is 55.4 Å². The van der Waals surface area contributed by atoms with Crippen molar-refractivity contribution in [2.45, 2.75) is 44.1 Å². The van der Waals surface area contributed by atoms with Crippen molar-refractivity contribution in [3.63, 3.8) is 0 Å². The predicted molar refractivity (Wildman–Crippen MR) is 93.3 cm³/mol. The Balaban J connectivity index is 1.39. The minimum atomic E-state index is -0.270. The van der Waals surface area contributed by atoms with E-state index in [4.69, 9.17) is 19.0 Å². The molecule has 4 aliphatic rings. The average Bonchev–Trinajstić information content (AvgIpc) is 3.56. The first-order valence-corrected chi connectivity index (χ1v) is 9.53. The Morgan fingerprint density at radius 2 is 1.88 bits per heavy atom. The third-order valence-corrected chi connectivity index (χ3v) is 5.53. The number of hydrogen-bond acceptors (Lipinski definition) is 5. The maximum atomic E-state index is 6.22. The van der Waals surface area contributed by atoms with Gasteiger partial charge in [-0.25, -0.2) is 0 Å². The molecule has 0 radical (unpaired) electrons. The molecular formula is C20H25NO4.